The number of aliphatic hydroxyl groups excluding tert-OH is 1. The van der Waals surface area contributed by atoms with E-state index in [2.05, 4.69) is 34.2 Å². The van der Waals surface area contributed by atoms with Crippen molar-refractivity contribution in [3.8, 4) is 5.88 Å². The van der Waals surface area contributed by atoms with E-state index in [0.29, 0.717) is 49.2 Å². The lowest BCUT2D eigenvalue weighted by atomic mass is 9.78. The summed E-state index contributed by atoms with van der Waals surface area (Å²) in [5, 5.41) is 9.69. The minimum absolute atomic E-state index is 0.123. The zero-order valence-electron chi connectivity index (χ0n) is 19.0. The molecule has 1 unspecified atom stereocenters. The van der Waals surface area contributed by atoms with E-state index in [0.717, 1.165) is 37.0 Å². The van der Waals surface area contributed by atoms with Crippen LogP contribution in [0.4, 0.5) is 11.5 Å². The van der Waals surface area contributed by atoms with Crippen LogP contribution < -0.4 is 10.5 Å². The van der Waals surface area contributed by atoms with Crippen molar-refractivity contribution in [2.75, 3.05) is 18.8 Å². The van der Waals surface area contributed by atoms with Gasteiger partial charge < -0.3 is 20.5 Å². The fourth-order valence-corrected chi connectivity index (χ4v) is 5.24. The molecule has 1 amide bonds. The van der Waals surface area contributed by atoms with E-state index in [1.54, 1.807) is 0 Å². The second-order valence-corrected chi connectivity index (χ2v) is 9.40. The third kappa shape index (κ3) is 4.44. The number of hydrogen-bond donors (Lipinski definition) is 2. The number of nitrogens with zero attached hydrogens (tertiary/aromatic N) is 4. The van der Waals surface area contributed by atoms with Gasteiger partial charge in [-0.15, -0.1) is 0 Å². The number of fused-ring (bicyclic) bond motifs is 1. The molecule has 0 bridgehead atoms. The molecule has 0 radical (unpaired) electrons. The van der Waals surface area contributed by atoms with Crippen LogP contribution in [0.5, 0.6) is 5.88 Å². The van der Waals surface area contributed by atoms with Gasteiger partial charge in [0.25, 0.3) is 0 Å². The topological polar surface area (TPSA) is 114 Å². The number of aliphatic hydroxyl groups is 1. The average Bonchev–Trinajstić information content (AvgIpc) is 2.84. The Balaban J connectivity index is 1.23. The smallest absolute Gasteiger partial charge is 0.246 e. The Morgan fingerprint density at radius 1 is 1.06 bits per heavy atom. The number of aromatic nitrogens is 2. The predicted molar refractivity (Wildman–Crippen MR) is 126 cm³/mol. The van der Waals surface area contributed by atoms with Crippen LogP contribution in [0.1, 0.15) is 62.5 Å². The summed E-state index contributed by atoms with van der Waals surface area (Å²) in [7, 11) is 0. The summed E-state index contributed by atoms with van der Waals surface area (Å²) in [6, 6.07) is 8.53. The summed E-state index contributed by atoms with van der Waals surface area (Å²) in [6.07, 6.45) is 6.21. The maximum atomic E-state index is 12.9. The first-order chi connectivity index (χ1) is 16.0. The predicted octanol–water partition coefficient (Wildman–Crippen LogP) is 3.22. The minimum Gasteiger partial charge on any atom is -0.466 e. The van der Waals surface area contributed by atoms with Crippen LogP contribution in [0.25, 0.3) is 0 Å². The number of carbonyl (C=O) groups excluding carboxylic acids is 1. The highest BCUT2D eigenvalue weighted by Gasteiger charge is 2.32. The molecule has 8 heteroatoms. The molecule has 1 aromatic heterocycles. The van der Waals surface area contributed by atoms with Crippen molar-refractivity contribution in [1.82, 2.24) is 14.9 Å². The van der Waals surface area contributed by atoms with Crippen molar-refractivity contribution in [1.29, 1.82) is 0 Å². The number of nitrogen functional groups attached to an aromatic ring is 1. The van der Waals surface area contributed by atoms with Gasteiger partial charge in [-0.1, -0.05) is 24.3 Å². The van der Waals surface area contributed by atoms with Crippen molar-refractivity contribution >= 4 is 23.1 Å². The van der Waals surface area contributed by atoms with Crippen LogP contribution >= 0.6 is 0 Å². The first-order valence-electron chi connectivity index (χ1n) is 11.9. The first-order valence-corrected chi connectivity index (χ1v) is 11.9. The molecule has 1 saturated carbocycles. The number of ether oxygens (including phenoxy) is 1. The second-order valence-electron chi connectivity index (χ2n) is 9.40. The van der Waals surface area contributed by atoms with Crippen LogP contribution in [0.3, 0.4) is 0 Å². The molecule has 3 aliphatic rings. The summed E-state index contributed by atoms with van der Waals surface area (Å²) in [6.45, 7) is 3.33. The molecule has 3 heterocycles. The molecule has 2 fully saturated rings. The molecule has 8 nitrogen and oxygen atoms in total. The number of benzene rings is 1. The van der Waals surface area contributed by atoms with Crippen molar-refractivity contribution in [3.63, 3.8) is 0 Å². The van der Waals surface area contributed by atoms with Gasteiger partial charge in [-0.05, 0) is 62.5 Å². The minimum atomic E-state index is -0.248. The maximum Gasteiger partial charge on any atom is 0.246 e. The van der Waals surface area contributed by atoms with Crippen LogP contribution in [0.15, 0.2) is 35.6 Å². The number of amides is 1. The molecule has 1 aliphatic carbocycles. The van der Waals surface area contributed by atoms with Crippen molar-refractivity contribution in [3.05, 3.63) is 41.7 Å². The highest BCUT2D eigenvalue weighted by molar-refractivity contribution is 6.06. The molecule has 3 N–H and O–H groups in total. The maximum absolute atomic E-state index is 12.9. The summed E-state index contributed by atoms with van der Waals surface area (Å²) in [5.74, 6) is 1.61. The van der Waals surface area contributed by atoms with Gasteiger partial charge in [0.15, 0.2) is 11.5 Å². The van der Waals surface area contributed by atoms with Gasteiger partial charge in [-0.3, -0.25) is 4.79 Å². The number of piperidine rings is 1. The van der Waals surface area contributed by atoms with Gasteiger partial charge in [-0.25, -0.2) is 9.98 Å². The lowest BCUT2D eigenvalue weighted by Gasteiger charge is -2.35. The summed E-state index contributed by atoms with van der Waals surface area (Å²) >= 11 is 0. The molecule has 1 aromatic carbocycles. The Morgan fingerprint density at radius 2 is 1.76 bits per heavy atom. The van der Waals surface area contributed by atoms with Crippen LogP contribution in [0, 0.1) is 5.92 Å². The van der Waals surface area contributed by atoms with Crippen LogP contribution in [-0.4, -0.2) is 56.9 Å². The largest absolute Gasteiger partial charge is 0.466 e. The molecule has 33 heavy (non-hydrogen) atoms. The summed E-state index contributed by atoms with van der Waals surface area (Å²) in [4.78, 5) is 27.7. The van der Waals surface area contributed by atoms with Crippen molar-refractivity contribution in [2.24, 2.45) is 10.9 Å². The van der Waals surface area contributed by atoms with E-state index in [1.807, 2.05) is 11.8 Å². The van der Waals surface area contributed by atoms with E-state index in [-0.39, 0.29) is 24.0 Å². The van der Waals surface area contributed by atoms with E-state index >= 15 is 0 Å². The molecular weight excluding hydrogens is 418 g/mol. The summed E-state index contributed by atoms with van der Waals surface area (Å²) < 4.78 is 5.90. The SMILES string of the molecule is CC1Oc2ncnc(N)c2N=C1c1ccc(C2CCC(C(=O)N3CCC(O)CC3)CC2)cc1. The fourth-order valence-electron chi connectivity index (χ4n) is 5.24. The molecule has 0 spiro atoms. The van der Waals surface area contributed by atoms with Gasteiger partial charge in [0.2, 0.25) is 11.8 Å². The number of aliphatic imine (C=N–C) groups is 1. The van der Waals surface area contributed by atoms with Gasteiger partial charge in [-0.2, -0.15) is 4.98 Å². The molecule has 2 aliphatic heterocycles. The van der Waals surface area contributed by atoms with E-state index in [1.165, 1.54) is 11.9 Å². The molecule has 174 valence electrons. The zero-order valence-corrected chi connectivity index (χ0v) is 19.0. The summed E-state index contributed by atoms with van der Waals surface area (Å²) in [5.41, 5.74) is 9.56. The third-order valence-electron chi connectivity index (χ3n) is 7.25. The van der Waals surface area contributed by atoms with Gasteiger partial charge in [0.1, 0.15) is 12.4 Å². The van der Waals surface area contributed by atoms with Gasteiger partial charge in [0, 0.05) is 19.0 Å². The lowest BCUT2D eigenvalue weighted by molar-refractivity contribution is -0.138. The fraction of sp³-hybridized carbons (Fsp3) is 0.520. The monoisotopic (exact) mass is 449 g/mol. The Hall–Kier alpha value is -3.00. The molecule has 5 rings (SSSR count). The molecule has 1 saturated heterocycles. The molecule has 1 atom stereocenters. The number of rotatable bonds is 3. The van der Waals surface area contributed by atoms with Crippen molar-refractivity contribution in [2.45, 2.75) is 63.6 Å². The van der Waals surface area contributed by atoms with Crippen LogP contribution in [-0.2, 0) is 4.79 Å². The number of nitrogens with two attached hydrogens (primary N) is 1. The highest BCUT2D eigenvalue weighted by atomic mass is 16.5. The van der Waals surface area contributed by atoms with Gasteiger partial charge >= 0.3 is 0 Å². The second kappa shape index (κ2) is 9.09. The van der Waals surface area contributed by atoms with Gasteiger partial charge in [0.05, 0.1) is 11.8 Å². The zero-order chi connectivity index (χ0) is 22.9. The average molecular weight is 450 g/mol. The van der Waals surface area contributed by atoms with Crippen molar-refractivity contribution < 1.29 is 14.6 Å². The number of carbonyl (C=O) groups is 1. The quantitative estimate of drug-likeness (QED) is 0.744. The van der Waals surface area contributed by atoms with E-state index in [9.17, 15) is 9.90 Å². The Labute approximate surface area is 193 Å². The first kappa shape index (κ1) is 21.8. The Morgan fingerprint density at radius 3 is 2.45 bits per heavy atom. The van der Waals surface area contributed by atoms with E-state index < -0.39 is 0 Å². The number of anilines is 1. The molecular formula is C25H31N5O3. The number of hydrogen-bond acceptors (Lipinski definition) is 7. The Kier molecular flexibility index (Phi) is 6.01. The lowest BCUT2D eigenvalue weighted by Crippen LogP contribution is -2.43. The third-order valence-corrected chi connectivity index (χ3v) is 7.25. The number of likely N-dealkylation sites (tertiary alicyclic amines) is 1. The standard InChI is InChI=1S/C25H31N5O3/c1-15-21(29-22-23(26)27-14-28-24(22)33-15)18-6-2-16(3-7-18)17-4-8-19(9-5-17)25(32)30-12-10-20(31)11-13-30/h2-3,6-7,14-15,17,19-20,31H,4-5,8-13H2,1H3,(H2,26,27,28). The normalized spacial score (nSPS) is 25.7. The highest BCUT2D eigenvalue weighted by Crippen LogP contribution is 2.38. The molecule has 2 aromatic rings. The van der Waals surface area contributed by atoms with Crippen LogP contribution in [0.2, 0.25) is 0 Å². The van der Waals surface area contributed by atoms with E-state index in [4.69, 9.17) is 15.5 Å². The Bertz CT molecular complexity index is 1040.